The fourth-order valence-corrected chi connectivity index (χ4v) is 2.41. The number of nitrogens with zero attached hydrogens (tertiary/aromatic N) is 3. The predicted octanol–water partition coefficient (Wildman–Crippen LogP) is 2.73. The molecule has 1 aromatic heterocycles. The summed E-state index contributed by atoms with van der Waals surface area (Å²) in [6, 6.07) is 0.303. The maximum Gasteiger partial charge on any atom is 0.332 e. The lowest BCUT2D eigenvalue weighted by Gasteiger charge is -2.10. The highest BCUT2D eigenvalue weighted by Gasteiger charge is 2.38. The smallest absolute Gasteiger partial charge is 0.332 e. The molecule has 2 rings (SSSR count). The van der Waals surface area contributed by atoms with Gasteiger partial charge < -0.3 is 10.6 Å². The highest BCUT2D eigenvalue weighted by Crippen LogP contribution is 2.39. The maximum absolute atomic E-state index is 11.2. The Kier molecular flexibility index (Phi) is 4.36. The molecular formula is C13H21N5O2. The van der Waals surface area contributed by atoms with E-state index in [9.17, 15) is 10.1 Å². The molecule has 7 nitrogen and oxygen atoms in total. The number of nitrogens with one attached hydrogen (secondary N) is 2. The predicted molar refractivity (Wildman–Crippen MR) is 78.0 cm³/mol. The molecule has 0 aliphatic heterocycles. The van der Waals surface area contributed by atoms with Crippen molar-refractivity contribution >= 4 is 17.5 Å². The second-order valence-corrected chi connectivity index (χ2v) is 5.15. The van der Waals surface area contributed by atoms with Gasteiger partial charge in [0.2, 0.25) is 11.8 Å². The molecular weight excluding hydrogens is 258 g/mol. The molecule has 0 saturated heterocycles. The van der Waals surface area contributed by atoms with Crippen LogP contribution in [0.2, 0.25) is 0 Å². The quantitative estimate of drug-likeness (QED) is 0.589. The lowest BCUT2D eigenvalue weighted by molar-refractivity contribution is -0.385. The molecule has 1 heterocycles. The number of anilines is 2. The molecule has 20 heavy (non-hydrogen) atoms. The molecule has 0 bridgehead atoms. The van der Waals surface area contributed by atoms with Crippen LogP contribution in [0.1, 0.15) is 38.8 Å². The normalized spacial score (nSPS) is 20.6. The van der Waals surface area contributed by atoms with Crippen LogP contribution in [-0.4, -0.2) is 27.5 Å². The van der Waals surface area contributed by atoms with Gasteiger partial charge in [-0.15, -0.1) is 0 Å². The Morgan fingerprint density at radius 2 is 2.15 bits per heavy atom. The first-order chi connectivity index (χ1) is 9.56. The first-order valence-electron chi connectivity index (χ1n) is 7.10. The molecule has 110 valence electrons. The lowest BCUT2D eigenvalue weighted by Crippen LogP contribution is -2.13. The molecule has 2 unspecified atom stereocenters. The highest BCUT2D eigenvalue weighted by molar-refractivity contribution is 5.61. The summed E-state index contributed by atoms with van der Waals surface area (Å²) in [6.45, 7) is 6.40. The van der Waals surface area contributed by atoms with Crippen molar-refractivity contribution in [2.75, 3.05) is 17.2 Å². The molecule has 7 heteroatoms. The summed E-state index contributed by atoms with van der Waals surface area (Å²) in [4.78, 5) is 19.1. The van der Waals surface area contributed by atoms with Crippen LogP contribution in [0.5, 0.6) is 0 Å². The SMILES string of the molecule is CCCC1CC1Nc1nc(NCC)nc(C)c1[N+](=O)[O-]. The molecule has 2 N–H and O–H groups in total. The maximum atomic E-state index is 11.2. The summed E-state index contributed by atoms with van der Waals surface area (Å²) < 4.78 is 0. The van der Waals surface area contributed by atoms with Crippen molar-refractivity contribution in [1.29, 1.82) is 0 Å². The van der Waals surface area contributed by atoms with E-state index in [1.54, 1.807) is 6.92 Å². The zero-order valence-corrected chi connectivity index (χ0v) is 12.1. The molecule has 2 atom stereocenters. The van der Waals surface area contributed by atoms with E-state index < -0.39 is 4.92 Å². The fraction of sp³-hybridized carbons (Fsp3) is 0.692. The molecule has 1 saturated carbocycles. The average molecular weight is 279 g/mol. The van der Waals surface area contributed by atoms with Gasteiger partial charge in [0.1, 0.15) is 5.69 Å². The van der Waals surface area contributed by atoms with Gasteiger partial charge in [0.05, 0.1) is 4.92 Å². The van der Waals surface area contributed by atoms with E-state index in [2.05, 4.69) is 27.5 Å². The first kappa shape index (κ1) is 14.5. The largest absolute Gasteiger partial charge is 0.361 e. The summed E-state index contributed by atoms with van der Waals surface area (Å²) in [5, 5.41) is 17.4. The number of hydrogen-bond donors (Lipinski definition) is 2. The van der Waals surface area contributed by atoms with Crippen molar-refractivity contribution < 1.29 is 4.92 Å². The number of rotatable bonds is 7. The molecule has 0 aromatic carbocycles. The van der Waals surface area contributed by atoms with Crippen LogP contribution in [0.15, 0.2) is 0 Å². The third-order valence-corrected chi connectivity index (χ3v) is 3.48. The van der Waals surface area contributed by atoms with Crippen molar-refractivity contribution in [3.63, 3.8) is 0 Å². The zero-order chi connectivity index (χ0) is 14.7. The molecule has 0 spiro atoms. The Morgan fingerprint density at radius 3 is 2.75 bits per heavy atom. The van der Waals surface area contributed by atoms with Crippen molar-refractivity contribution in [1.82, 2.24) is 9.97 Å². The molecule has 1 fully saturated rings. The minimum atomic E-state index is -0.412. The van der Waals surface area contributed by atoms with Crippen LogP contribution in [-0.2, 0) is 0 Å². The number of hydrogen-bond acceptors (Lipinski definition) is 6. The molecule has 1 aliphatic rings. The molecule has 0 amide bonds. The summed E-state index contributed by atoms with van der Waals surface area (Å²) in [5.74, 6) is 1.38. The Labute approximate surface area is 118 Å². The van der Waals surface area contributed by atoms with Gasteiger partial charge in [-0.25, -0.2) is 4.98 Å². The van der Waals surface area contributed by atoms with Crippen LogP contribution in [0.25, 0.3) is 0 Å². The van der Waals surface area contributed by atoms with Crippen LogP contribution < -0.4 is 10.6 Å². The molecule has 1 aliphatic carbocycles. The molecule has 1 aromatic rings. The van der Waals surface area contributed by atoms with Gasteiger partial charge in [0.15, 0.2) is 0 Å². The van der Waals surface area contributed by atoms with Crippen LogP contribution in [0.4, 0.5) is 17.5 Å². The van der Waals surface area contributed by atoms with Gasteiger partial charge in [0.25, 0.3) is 0 Å². The van der Waals surface area contributed by atoms with Gasteiger partial charge in [-0.2, -0.15) is 4.98 Å². The Balaban J connectivity index is 2.22. The van der Waals surface area contributed by atoms with E-state index in [0.29, 0.717) is 36.0 Å². The van der Waals surface area contributed by atoms with Crippen LogP contribution in [0, 0.1) is 23.0 Å². The van der Waals surface area contributed by atoms with E-state index in [1.165, 1.54) is 0 Å². The molecule has 0 radical (unpaired) electrons. The topological polar surface area (TPSA) is 93.0 Å². The third kappa shape index (κ3) is 3.15. The Morgan fingerprint density at radius 1 is 1.40 bits per heavy atom. The summed E-state index contributed by atoms with van der Waals surface area (Å²) >= 11 is 0. The second kappa shape index (κ2) is 6.02. The van der Waals surface area contributed by atoms with Crippen LogP contribution in [0.3, 0.4) is 0 Å². The van der Waals surface area contributed by atoms with E-state index in [-0.39, 0.29) is 5.69 Å². The average Bonchev–Trinajstić information content (AvgIpc) is 3.07. The Bertz CT molecular complexity index is 506. The van der Waals surface area contributed by atoms with Crippen LogP contribution >= 0.6 is 0 Å². The van der Waals surface area contributed by atoms with Gasteiger partial charge in [-0.1, -0.05) is 13.3 Å². The van der Waals surface area contributed by atoms with E-state index in [1.807, 2.05) is 6.92 Å². The standard InChI is InChI=1S/C13H21N5O2/c1-4-6-9-7-10(9)16-12-11(18(19)20)8(3)15-13(17-12)14-5-2/h9-10H,4-7H2,1-3H3,(H2,14,15,16,17). The van der Waals surface area contributed by atoms with E-state index >= 15 is 0 Å². The minimum absolute atomic E-state index is 0.0196. The number of aryl methyl sites for hydroxylation is 1. The van der Waals surface area contributed by atoms with Crippen molar-refractivity contribution in [3.8, 4) is 0 Å². The monoisotopic (exact) mass is 279 g/mol. The Hall–Kier alpha value is -1.92. The summed E-state index contributed by atoms with van der Waals surface area (Å²) in [5.41, 5.74) is 0.366. The third-order valence-electron chi connectivity index (χ3n) is 3.48. The van der Waals surface area contributed by atoms with Gasteiger partial charge in [0, 0.05) is 12.6 Å². The van der Waals surface area contributed by atoms with Gasteiger partial charge in [-0.3, -0.25) is 10.1 Å². The van der Waals surface area contributed by atoms with Crippen molar-refractivity contribution in [2.45, 2.75) is 46.1 Å². The van der Waals surface area contributed by atoms with Gasteiger partial charge >= 0.3 is 5.69 Å². The summed E-state index contributed by atoms with van der Waals surface area (Å²) in [6.07, 6.45) is 3.34. The first-order valence-corrected chi connectivity index (χ1v) is 7.10. The lowest BCUT2D eigenvalue weighted by atomic mass is 10.2. The second-order valence-electron chi connectivity index (χ2n) is 5.15. The van der Waals surface area contributed by atoms with E-state index in [4.69, 9.17) is 0 Å². The van der Waals surface area contributed by atoms with Crippen molar-refractivity contribution in [3.05, 3.63) is 15.8 Å². The van der Waals surface area contributed by atoms with Gasteiger partial charge in [-0.05, 0) is 32.6 Å². The number of nitro groups is 1. The summed E-state index contributed by atoms with van der Waals surface area (Å²) in [7, 11) is 0. The highest BCUT2D eigenvalue weighted by atomic mass is 16.6. The minimum Gasteiger partial charge on any atom is -0.361 e. The van der Waals surface area contributed by atoms with E-state index in [0.717, 1.165) is 19.3 Å². The fourth-order valence-electron chi connectivity index (χ4n) is 2.41. The number of aromatic nitrogens is 2. The zero-order valence-electron chi connectivity index (χ0n) is 12.1. The van der Waals surface area contributed by atoms with Crippen molar-refractivity contribution in [2.24, 2.45) is 5.92 Å².